The summed E-state index contributed by atoms with van der Waals surface area (Å²) < 4.78 is 4.49. The molecule has 0 amide bonds. The zero-order chi connectivity index (χ0) is 24.1. The molecule has 5 heterocycles. The molecule has 2 saturated heterocycles. The van der Waals surface area contributed by atoms with Crippen molar-refractivity contribution in [3.8, 4) is 28.3 Å². The first-order valence-electron chi connectivity index (χ1n) is 13.5. The summed E-state index contributed by atoms with van der Waals surface area (Å²) in [5, 5.41) is 8.79. The minimum atomic E-state index is 0.770. The van der Waals surface area contributed by atoms with E-state index in [1.165, 1.54) is 67.0 Å². The molecule has 1 atom stereocenters. The lowest BCUT2D eigenvalue weighted by Gasteiger charge is -2.32. The Kier molecular flexibility index (Phi) is 5.42. The summed E-state index contributed by atoms with van der Waals surface area (Å²) >= 11 is 0. The molecule has 3 aliphatic heterocycles. The van der Waals surface area contributed by atoms with Crippen LogP contribution in [-0.2, 0) is 6.54 Å². The molecule has 2 fully saturated rings. The van der Waals surface area contributed by atoms with Gasteiger partial charge in [0.1, 0.15) is 6.33 Å². The van der Waals surface area contributed by atoms with Gasteiger partial charge in [0.25, 0.3) is 0 Å². The summed E-state index contributed by atoms with van der Waals surface area (Å²) in [4.78, 5) is 5.30. The maximum atomic E-state index is 4.51. The van der Waals surface area contributed by atoms with Gasteiger partial charge in [-0.1, -0.05) is 37.3 Å². The molecule has 184 valence electrons. The van der Waals surface area contributed by atoms with E-state index in [9.17, 15) is 0 Å². The Morgan fingerprint density at radius 3 is 2.64 bits per heavy atom. The number of fused-ring (bicyclic) bond motifs is 5. The van der Waals surface area contributed by atoms with Gasteiger partial charge < -0.3 is 14.4 Å². The van der Waals surface area contributed by atoms with Crippen molar-refractivity contribution in [2.45, 2.75) is 32.7 Å². The Morgan fingerprint density at radius 2 is 1.78 bits per heavy atom. The number of anilines is 1. The van der Waals surface area contributed by atoms with Crippen molar-refractivity contribution >= 4 is 5.69 Å². The van der Waals surface area contributed by atoms with E-state index in [2.05, 4.69) is 96.8 Å². The van der Waals surface area contributed by atoms with Gasteiger partial charge >= 0.3 is 0 Å². The van der Waals surface area contributed by atoms with Crippen molar-refractivity contribution in [1.29, 1.82) is 0 Å². The third-order valence-electron chi connectivity index (χ3n) is 8.49. The van der Waals surface area contributed by atoms with Crippen LogP contribution >= 0.6 is 0 Å². The molecule has 7 rings (SSSR count). The number of aromatic nitrogens is 4. The van der Waals surface area contributed by atoms with Crippen LogP contribution in [0.3, 0.4) is 0 Å². The van der Waals surface area contributed by atoms with Crippen LogP contribution in [0.1, 0.15) is 31.7 Å². The lowest BCUT2D eigenvalue weighted by molar-refractivity contribution is 0.171. The van der Waals surface area contributed by atoms with E-state index in [-0.39, 0.29) is 0 Å². The van der Waals surface area contributed by atoms with Crippen molar-refractivity contribution in [2.75, 3.05) is 37.6 Å². The Morgan fingerprint density at radius 1 is 0.917 bits per heavy atom. The molecule has 0 radical (unpaired) electrons. The highest BCUT2D eigenvalue weighted by Gasteiger charge is 2.28. The second-order valence-electron chi connectivity index (χ2n) is 11.0. The number of nitrogens with zero attached hydrogens (tertiary/aromatic N) is 6. The fourth-order valence-electron chi connectivity index (χ4n) is 6.34. The SMILES string of the molecule is CC1CCN(C[C@H]2CCN(c3ccc4c(c3)Cn3cc(-c5ccccc5)cc3-c3nncn3-4)C2)CC1. The molecule has 0 saturated carbocycles. The van der Waals surface area contributed by atoms with Crippen molar-refractivity contribution in [2.24, 2.45) is 11.8 Å². The smallest absolute Gasteiger partial charge is 0.185 e. The van der Waals surface area contributed by atoms with E-state index in [1.54, 1.807) is 0 Å². The fraction of sp³-hybridized carbons (Fsp3) is 0.400. The standard InChI is InChI=1S/C30H34N6/c1-22-9-12-33(13-10-22)17-23-11-14-34(18-23)27-7-8-28-26(15-27)20-35-19-25(24-5-3-2-4-6-24)16-29(35)30-32-31-21-36(28)30/h2-8,15-16,19,21-23H,9-14,17-18,20H2,1H3/t23-/m1/s1. The van der Waals surface area contributed by atoms with Crippen molar-refractivity contribution in [1.82, 2.24) is 24.2 Å². The zero-order valence-corrected chi connectivity index (χ0v) is 21.1. The zero-order valence-electron chi connectivity index (χ0n) is 21.1. The van der Waals surface area contributed by atoms with E-state index in [1.807, 2.05) is 6.33 Å². The third kappa shape index (κ3) is 3.94. The summed E-state index contributed by atoms with van der Waals surface area (Å²) in [5.74, 6) is 2.57. The molecule has 2 aromatic heterocycles. The predicted octanol–water partition coefficient (Wildman–Crippen LogP) is 5.32. The Hall–Kier alpha value is -3.38. The fourth-order valence-corrected chi connectivity index (χ4v) is 6.34. The van der Waals surface area contributed by atoms with E-state index in [0.29, 0.717) is 0 Å². The van der Waals surface area contributed by atoms with Crippen molar-refractivity contribution in [3.63, 3.8) is 0 Å². The lowest BCUT2D eigenvalue weighted by Crippen LogP contribution is -2.37. The molecule has 0 aliphatic carbocycles. The third-order valence-corrected chi connectivity index (χ3v) is 8.49. The summed E-state index contributed by atoms with van der Waals surface area (Å²) in [6.07, 6.45) is 8.13. The quantitative estimate of drug-likeness (QED) is 0.351. The highest BCUT2D eigenvalue weighted by Crippen LogP contribution is 2.35. The number of hydrogen-bond donors (Lipinski definition) is 0. The summed E-state index contributed by atoms with van der Waals surface area (Å²) in [6, 6.07) is 19.8. The molecule has 0 unspecified atom stereocenters. The van der Waals surface area contributed by atoms with Gasteiger partial charge in [-0.2, -0.15) is 0 Å². The molecule has 2 aromatic carbocycles. The average molecular weight is 479 g/mol. The molecule has 4 aromatic rings. The maximum Gasteiger partial charge on any atom is 0.185 e. The van der Waals surface area contributed by atoms with Crippen LogP contribution in [0.4, 0.5) is 5.69 Å². The Labute approximate surface area is 213 Å². The number of benzene rings is 2. The van der Waals surface area contributed by atoms with E-state index in [4.69, 9.17) is 0 Å². The van der Waals surface area contributed by atoms with Crippen LogP contribution in [0.2, 0.25) is 0 Å². The highest BCUT2D eigenvalue weighted by atomic mass is 15.3. The Bertz CT molecular complexity index is 1360. The van der Waals surface area contributed by atoms with E-state index in [0.717, 1.165) is 43.0 Å². The predicted molar refractivity (Wildman–Crippen MR) is 144 cm³/mol. The Balaban J connectivity index is 1.15. The van der Waals surface area contributed by atoms with Crippen LogP contribution in [0.25, 0.3) is 28.3 Å². The van der Waals surface area contributed by atoms with Gasteiger partial charge in [0, 0.05) is 43.6 Å². The number of piperidine rings is 1. The molecule has 36 heavy (non-hydrogen) atoms. The van der Waals surface area contributed by atoms with Crippen LogP contribution in [0.15, 0.2) is 67.1 Å². The number of hydrogen-bond acceptors (Lipinski definition) is 4. The molecule has 0 N–H and O–H groups in total. The maximum absolute atomic E-state index is 4.51. The largest absolute Gasteiger partial charge is 0.371 e. The number of likely N-dealkylation sites (tertiary alicyclic amines) is 1. The van der Waals surface area contributed by atoms with E-state index >= 15 is 0 Å². The monoisotopic (exact) mass is 478 g/mol. The van der Waals surface area contributed by atoms with Crippen LogP contribution < -0.4 is 4.90 Å². The van der Waals surface area contributed by atoms with Gasteiger partial charge in [-0.05, 0) is 79.6 Å². The second kappa shape index (κ2) is 8.93. The summed E-state index contributed by atoms with van der Waals surface area (Å²) in [7, 11) is 0. The number of rotatable bonds is 4. The molecule has 6 nitrogen and oxygen atoms in total. The van der Waals surface area contributed by atoms with Crippen molar-refractivity contribution < 1.29 is 0 Å². The van der Waals surface area contributed by atoms with Gasteiger partial charge in [0.15, 0.2) is 5.82 Å². The first kappa shape index (κ1) is 21.9. The average Bonchev–Trinajstić information content (AvgIpc) is 3.65. The van der Waals surface area contributed by atoms with Crippen molar-refractivity contribution in [3.05, 3.63) is 72.7 Å². The van der Waals surface area contributed by atoms with Crippen LogP contribution in [0.5, 0.6) is 0 Å². The van der Waals surface area contributed by atoms with Crippen LogP contribution in [-0.4, -0.2) is 57.0 Å². The van der Waals surface area contributed by atoms with Crippen LogP contribution in [0, 0.1) is 11.8 Å². The second-order valence-corrected chi connectivity index (χ2v) is 11.0. The molecule has 3 aliphatic rings. The summed E-state index contributed by atoms with van der Waals surface area (Å²) in [6.45, 7) is 9.36. The molecule has 0 bridgehead atoms. The summed E-state index contributed by atoms with van der Waals surface area (Å²) in [5.41, 5.74) is 7.40. The first-order chi connectivity index (χ1) is 17.7. The van der Waals surface area contributed by atoms with Gasteiger partial charge in [0.05, 0.1) is 11.4 Å². The molecule has 6 heteroatoms. The van der Waals surface area contributed by atoms with Gasteiger partial charge in [0.2, 0.25) is 0 Å². The molecule has 0 spiro atoms. The minimum Gasteiger partial charge on any atom is -0.371 e. The normalized spacial score (nSPS) is 20.1. The first-order valence-corrected chi connectivity index (χ1v) is 13.5. The van der Waals surface area contributed by atoms with E-state index < -0.39 is 0 Å². The van der Waals surface area contributed by atoms with Gasteiger partial charge in [-0.3, -0.25) is 4.57 Å². The van der Waals surface area contributed by atoms with Gasteiger partial charge in [-0.25, -0.2) is 0 Å². The topological polar surface area (TPSA) is 42.1 Å². The van der Waals surface area contributed by atoms with Gasteiger partial charge in [-0.15, -0.1) is 10.2 Å². The minimum absolute atomic E-state index is 0.770. The lowest BCUT2D eigenvalue weighted by atomic mass is 9.98. The molecular formula is C30H34N6. The highest BCUT2D eigenvalue weighted by molar-refractivity contribution is 5.72. The molecular weight excluding hydrogens is 444 g/mol.